The van der Waals surface area contributed by atoms with Crippen molar-refractivity contribution < 1.29 is 23.8 Å². The summed E-state index contributed by atoms with van der Waals surface area (Å²) in [6.45, 7) is 5.89. The minimum Gasteiger partial charge on any atom is -0.453 e. The van der Waals surface area contributed by atoms with Gasteiger partial charge in [0, 0.05) is 38.5 Å². The van der Waals surface area contributed by atoms with E-state index in [0.29, 0.717) is 37.6 Å². The van der Waals surface area contributed by atoms with Gasteiger partial charge in [-0.15, -0.1) is 0 Å². The van der Waals surface area contributed by atoms with Crippen LogP contribution in [-0.4, -0.2) is 97.2 Å². The maximum atomic E-state index is 13.3. The number of hydrazine groups is 1. The van der Waals surface area contributed by atoms with E-state index in [4.69, 9.17) is 14.2 Å². The van der Waals surface area contributed by atoms with Crippen LogP contribution >= 0.6 is 0 Å². The van der Waals surface area contributed by atoms with Crippen molar-refractivity contribution in [3.63, 3.8) is 0 Å². The van der Waals surface area contributed by atoms with Crippen LogP contribution in [0.5, 0.6) is 0 Å². The highest BCUT2D eigenvalue weighted by molar-refractivity contribution is 5.72. The number of ether oxygens (including phenoxy) is 3. The highest BCUT2D eigenvalue weighted by atomic mass is 16.6. The lowest BCUT2D eigenvalue weighted by atomic mass is 9.73. The molecule has 0 radical (unpaired) electrons. The van der Waals surface area contributed by atoms with Gasteiger partial charge >= 0.3 is 12.2 Å². The summed E-state index contributed by atoms with van der Waals surface area (Å²) in [7, 11) is 1.44. The molecule has 32 heavy (non-hydrogen) atoms. The van der Waals surface area contributed by atoms with Crippen molar-refractivity contribution in [1.82, 2.24) is 20.2 Å². The molecule has 2 aliphatic carbocycles. The molecule has 9 heteroatoms. The molecule has 3 saturated heterocycles. The molecule has 0 bridgehead atoms. The first-order chi connectivity index (χ1) is 15.5. The lowest BCUT2D eigenvalue weighted by molar-refractivity contribution is -0.0579. The third kappa shape index (κ3) is 4.43. The van der Waals surface area contributed by atoms with Gasteiger partial charge in [0.25, 0.3) is 0 Å². The summed E-state index contributed by atoms with van der Waals surface area (Å²) in [5, 5.41) is 2.43. The van der Waals surface area contributed by atoms with E-state index >= 15 is 0 Å². The number of amides is 2. The maximum Gasteiger partial charge on any atom is 0.410 e. The molecule has 180 valence electrons. The van der Waals surface area contributed by atoms with E-state index in [1.54, 1.807) is 0 Å². The molecule has 5 atom stereocenters. The molecule has 0 aromatic carbocycles. The van der Waals surface area contributed by atoms with Crippen LogP contribution in [0.1, 0.15) is 51.9 Å². The van der Waals surface area contributed by atoms with E-state index in [0.717, 1.165) is 45.2 Å². The van der Waals surface area contributed by atoms with E-state index in [1.165, 1.54) is 20.0 Å². The van der Waals surface area contributed by atoms with Crippen molar-refractivity contribution in [2.45, 2.75) is 82.1 Å². The molecule has 4 unspecified atom stereocenters. The Bertz CT molecular complexity index is 698. The average molecular weight is 451 g/mol. The number of nitrogens with zero attached hydrogens (tertiary/aromatic N) is 3. The lowest BCUT2D eigenvalue weighted by Gasteiger charge is -2.53. The Kier molecular flexibility index (Phi) is 6.49. The summed E-state index contributed by atoms with van der Waals surface area (Å²) in [6, 6.07) is 0.582. The van der Waals surface area contributed by atoms with Crippen LogP contribution in [0.15, 0.2) is 0 Å². The van der Waals surface area contributed by atoms with Crippen molar-refractivity contribution in [2.24, 2.45) is 11.8 Å². The SMILES string of the molecule is COC(=O)N1C2CCC(C3CNN(C4CC4)C3)CC2N(C(=O)OC2CCOCC2)C[C@@H]1C. The van der Waals surface area contributed by atoms with Gasteiger partial charge in [0.15, 0.2) is 0 Å². The minimum atomic E-state index is -0.286. The third-order valence-corrected chi connectivity index (χ3v) is 8.21. The van der Waals surface area contributed by atoms with Crippen molar-refractivity contribution in [1.29, 1.82) is 0 Å². The Labute approximate surface area is 190 Å². The summed E-state index contributed by atoms with van der Waals surface area (Å²) >= 11 is 0. The fourth-order valence-electron chi connectivity index (χ4n) is 6.32. The monoisotopic (exact) mass is 450 g/mol. The third-order valence-electron chi connectivity index (χ3n) is 8.21. The first kappa shape index (κ1) is 22.2. The number of nitrogens with one attached hydrogen (secondary N) is 1. The predicted octanol–water partition coefficient (Wildman–Crippen LogP) is 2.21. The van der Waals surface area contributed by atoms with Crippen LogP contribution < -0.4 is 5.43 Å². The van der Waals surface area contributed by atoms with Gasteiger partial charge in [0.1, 0.15) is 6.10 Å². The number of methoxy groups -OCH3 is 1. The molecule has 2 saturated carbocycles. The van der Waals surface area contributed by atoms with Crippen LogP contribution in [0.25, 0.3) is 0 Å². The molecule has 3 aliphatic heterocycles. The van der Waals surface area contributed by atoms with Crippen LogP contribution in [0.3, 0.4) is 0 Å². The molecule has 2 amide bonds. The van der Waals surface area contributed by atoms with E-state index < -0.39 is 0 Å². The Balaban J connectivity index is 1.30. The van der Waals surface area contributed by atoms with Crippen molar-refractivity contribution in [3.8, 4) is 0 Å². The number of fused-ring (bicyclic) bond motifs is 1. The van der Waals surface area contributed by atoms with Gasteiger partial charge < -0.3 is 19.1 Å². The second-order valence-corrected chi connectivity index (χ2v) is 10.3. The Morgan fingerprint density at radius 3 is 2.44 bits per heavy atom. The topological polar surface area (TPSA) is 83.6 Å². The second kappa shape index (κ2) is 9.35. The molecule has 9 nitrogen and oxygen atoms in total. The average Bonchev–Trinajstić information content (AvgIpc) is 3.55. The summed E-state index contributed by atoms with van der Waals surface area (Å²) in [5.41, 5.74) is 3.60. The number of piperazine rings is 1. The molecular weight excluding hydrogens is 412 g/mol. The standard InChI is InChI=1S/C23H38N4O5/c1-15-13-25(22(28)32-19-7-9-31-10-8-19)21-11-16(3-6-20(21)27(15)23(29)30-2)17-12-24-26(14-17)18-4-5-18/h15-21,24H,3-14H2,1-2H3/t15-,16?,17?,20?,21?/m0/s1. The van der Waals surface area contributed by atoms with E-state index in [-0.39, 0.29) is 36.4 Å². The smallest absolute Gasteiger partial charge is 0.410 e. The highest BCUT2D eigenvalue weighted by Gasteiger charge is 2.50. The van der Waals surface area contributed by atoms with Gasteiger partial charge in [-0.1, -0.05) is 0 Å². The Morgan fingerprint density at radius 1 is 0.938 bits per heavy atom. The normalized spacial score (nSPS) is 36.6. The molecule has 0 spiro atoms. The Morgan fingerprint density at radius 2 is 1.72 bits per heavy atom. The van der Waals surface area contributed by atoms with Gasteiger partial charge in [-0.2, -0.15) is 0 Å². The highest BCUT2D eigenvalue weighted by Crippen LogP contribution is 2.41. The fourth-order valence-corrected chi connectivity index (χ4v) is 6.32. The Hall–Kier alpha value is -1.58. The number of hydrogen-bond donors (Lipinski definition) is 1. The summed E-state index contributed by atoms with van der Waals surface area (Å²) in [4.78, 5) is 29.7. The van der Waals surface area contributed by atoms with Gasteiger partial charge in [0.2, 0.25) is 0 Å². The second-order valence-electron chi connectivity index (χ2n) is 10.3. The van der Waals surface area contributed by atoms with Crippen molar-refractivity contribution in [2.75, 3.05) is 40.0 Å². The van der Waals surface area contributed by atoms with Gasteiger partial charge in [-0.25, -0.2) is 14.6 Å². The van der Waals surface area contributed by atoms with Crippen LogP contribution in [0.2, 0.25) is 0 Å². The first-order valence-corrected chi connectivity index (χ1v) is 12.5. The van der Waals surface area contributed by atoms with Crippen LogP contribution in [-0.2, 0) is 14.2 Å². The number of rotatable bonds is 3. The molecule has 0 aromatic heterocycles. The van der Waals surface area contributed by atoms with Crippen molar-refractivity contribution >= 4 is 12.2 Å². The van der Waals surface area contributed by atoms with E-state index in [2.05, 4.69) is 10.4 Å². The zero-order valence-electron chi connectivity index (χ0n) is 19.4. The summed E-state index contributed by atoms with van der Waals surface area (Å²) in [5.74, 6) is 1.13. The lowest BCUT2D eigenvalue weighted by Crippen LogP contribution is -2.67. The van der Waals surface area contributed by atoms with Gasteiger partial charge in [0.05, 0.1) is 38.4 Å². The molecule has 5 aliphatic rings. The molecule has 1 N–H and O–H groups in total. The molecular formula is C23H38N4O5. The predicted molar refractivity (Wildman–Crippen MR) is 117 cm³/mol. The summed E-state index contributed by atoms with van der Waals surface area (Å²) in [6.07, 6.45) is 6.41. The molecule has 5 fully saturated rings. The zero-order chi connectivity index (χ0) is 22.2. The molecule has 5 rings (SSSR count). The van der Waals surface area contributed by atoms with Crippen molar-refractivity contribution in [3.05, 3.63) is 0 Å². The van der Waals surface area contributed by atoms with E-state index in [1.807, 2.05) is 16.7 Å². The summed E-state index contributed by atoms with van der Waals surface area (Å²) < 4.78 is 16.5. The number of carbonyl (C=O) groups is 2. The number of carbonyl (C=O) groups excluding carboxylic acids is 2. The van der Waals surface area contributed by atoms with Crippen LogP contribution in [0, 0.1) is 11.8 Å². The fraction of sp³-hybridized carbons (Fsp3) is 0.913. The number of hydrogen-bond acceptors (Lipinski definition) is 7. The largest absolute Gasteiger partial charge is 0.453 e. The van der Waals surface area contributed by atoms with Gasteiger partial charge in [-0.3, -0.25) is 10.3 Å². The van der Waals surface area contributed by atoms with Gasteiger partial charge in [-0.05, 0) is 50.9 Å². The van der Waals surface area contributed by atoms with Crippen LogP contribution in [0.4, 0.5) is 9.59 Å². The maximum absolute atomic E-state index is 13.3. The molecule has 3 heterocycles. The zero-order valence-corrected chi connectivity index (χ0v) is 19.4. The first-order valence-electron chi connectivity index (χ1n) is 12.5. The van der Waals surface area contributed by atoms with E-state index in [9.17, 15) is 9.59 Å². The quantitative estimate of drug-likeness (QED) is 0.706. The molecule has 0 aromatic rings. The minimum absolute atomic E-state index is 0.0152.